The summed E-state index contributed by atoms with van der Waals surface area (Å²) in [5.41, 5.74) is 0. The van der Waals surface area contributed by atoms with E-state index in [-0.39, 0.29) is 70.2 Å². The third-order valence-corrected chi connectivity index (χ3v) is 7.71. The highest BCUT2D eigenvalue weighted by atomic mass is 16.5. The van der Waals surface area contributed by atoms with E-state index in [1.807, 2.05) is 0 Å². The van der Waals surface area contributed by atoms with Gasteiger partial charge in [-0.2, -0.15) is 0 Å². The molecule has 2 heterocycles. The van der Waals surface area contributed by atoms with Gasteiger partial charge in [0.15, 0.2) is 0 Å². The highest BCUT2D eigenvalue weighted by molar-refractivity contribution is 6.06. The van der Waals surface area contributed by atoms with Gasteiger partial charge < -0.3 is 31.3 Å². The average molecular weight is 666 g/mol. The topological polar surface area (TPSA) is 229 Å². The number of carbonyl (C=O) groups excluding carboxylic acids is 9. The van der Waals surface area contributed by atoms with Crippen LogP contribution in [-0.4, -0.2) is 114 Å². The first-order chi connectivity index (χ1) is 22.0. The van der Waals surface area contributed by atoms with Crippen molar-refractivity contribution in [1.82, 2.24) is 36.4 Å². The monoisotopic (exact) mass is 665 g/mol. The normalized spacial score (nSPS) is 20.4. The lowest BCUT2D eigenvalue weighted by Crippen LogP contribution is -2.54. The van der Waals surface area contributed by atoms with Gasteiger partial charge in [-0.1, -0.05) is 13.8 Å². The summed E-state index contributed by atoms with van der Waals surface area (Å²) in [5.74, 6) is -5.16. The summed E-state index contributed by atoms with van der Waals surface area (Å²) < 4.78 is 5.29. The van der Waals surface area contributed by atoms with Crippen LogP contribution in [0.4, 0.5) is 0 Å². The highest BCUT2D eigenvalue weighted by Crippen LogP contribution is 2.21. The first-order valence-corrected chi connectivity index (χ1v) is 15.8. The summed E-state index contributed by atoms with van der Waals surface area (Å²) in [6, 6.07) is -2.04. The minimum absolute atomic E-state index is 0.0185. The van der Waals surface area contributed by atoms with Gasteiger partial charge in [-0.15, -0.1) is 0 Å². The van der Waals surface area contributed by atoms with Crippen LogP contribution in [0, 0.1) is 11.8 Å². The van der Waals surface area contributed by atoms with Gasteiger partial charge in [-0.25, -0.2) is 0 Å². The SMILES string of the molecule is CCOC(C)C(=O)NC(CC(=O)NCCNC(=O)CCN1C(=O)CC(C)C1=O)CC(=O)NC(C)NC(=O)C(C)N1C(=O)CC(C)C1=O. The minimum Gasteiger partial charge on any atom is -0.369 e. The summed E-state index contributed by atoms with van der Waals surface area (Å²) in [6.07, 6.45) is -2.33. The molecule has 0 saturated carbocycles. The largest absolute Gasteiger partial charge is 0.369 e. The van der Waals surface area contributed by atoms with Crippen LogP contribution in [0.25, 0.3) is 0 Å². The fraction of sp³-hybridized carbons (Fsp3) is 0.700. The zero-order valence-corrected chi connectivity index (χ0v) is 27.8. The number of hydrogen-bond donors (Lipinski definition) is 5. The number of rotatable bonds is 18. The van der Waals surface area contributed by atoms with E-state index in [4.69, 9.17) is 4.74 Å². The zero-order chi connectivity index (χ0) is 35.4. The first-order valence-electron chi connectivity index (χ1n) is 15.8. The lowest BCUT2D eigenvalue weighted by molar-refractivity contribution is -0.147. The Labute approximate surface area is 273 Å². The molecule has 17 heteroatoms. The standard InChI is InChI=1S/C30H47N7O10/c1-7-47-19(5)28(44)35-21(14-23(39)32-10-9-31-22(38)8-11-36-25(41)12-16(2)29(36)45)15-24(40)33-20(6)34-27(43)18(4)37-26(42)13-17(3)30(37)46/h16-21H,7-15H2,1-6H3,(H,31,38)(H,32,39)(H,33,40)(H,34,43)(H,35,44). The van der Waals surface area contributed by atoms with Crippen molar-refractivity contribution >= 4 is 53.2 Å². The van der Waals surface area contributed by atoms with Gasteiger partial charge in [0.25, 0.3) is 0 Å². The first kappa shape index (κ1) is 38.8. The van der Waals surface area contributed by atoms with Crippen molar-refractivity contribution in [2.75, 3.05) is 26.2 Å². The number of nitrogens with one attached hydrogen (secondary N) is 5. The predicted octanol–water partition coefficient (Wildman–Crippen LogP) is -1.94. The molecule has 0 aromatic rings. The third kappa shape index (κ3) is 11.7. The smallest absolute Gasteiger partial charge is 0.249 e. The molecule has 0 aromatic carbocycles. The van der Waals surface area contributed by atoms with E-state index in [2.05, 4.69) is 26.6 Å². The van der Waals surface area contributed by atoms with E-state index in [0.29, 0.717) is 0 Å². The van der Waals surface area contributed by atoms with E-state index >= 15 is 0 Å². The molecule has 2 saturated heterocycles. The molecule has 0 bridgehead atoms. The van der Waals surface area contributed by atoms with Gasteiger partial charge in [0.1, 0.15) is 12.1 Å². The number of carbonyl (C=O) groups is 9. The molecule has 47 heavy (non-hydrogen) atoms. The fourth-order valence-electron chi connectivity index (χ4n) is 5.13. The number of imide groups is 2. The minimum atomic E-state index is -1.08. The maximum Gasteiger partial charge on any atom is 0.249 e. The molecule has 2 fully saturated rings. The van der Waals surface area contributed by atoms with Crippen LogP contribution < -0.4 is 26.6 Å². The summed E-state index contributed by atoms with van der Waals surface area (Å²) in [5, 5.41) is 12.9. The second-order valence-corrected chi connectivity index (χ2v) is 11.8. The Morgan fingerprint density at radius 2 is 1.34 bits per heavy atom. The molecular formula is C30H47N7O10. The van der Waals surface area contributed by atoms with Crippen LogP contribution in [0.5, 0.6) is 0 Å². The maximum atomic E-state index is 12.8. The molecule has 0 radical (unpaired) electrons. The maximum absolute atomic E-state index is 12.8. The molecule has 6 atom stereocenters. The molecule has 0 spiro atoms. The Morgan fingerprint density at radius 3 is 1.89 bits per heavy atom. The van der Waals surface area contributed by atoms with Crippen LogP contribution in [0.1, 0.15) is 73.6 Å². The molecule has 0 aromatic heterocycles. The Morgan fingerprint density at radius 1 is 0.766 bits per heavy atom. The molecule has 17 nitrogen and oxygen atoms in total. The lowest BCUT2D eigenvalue weighted by atomic mass is 10.1. The van der Waals surface area contributed by atoms with Gasteiger partial charge in [0.05, 0.1) is 6.17 Å². The summed E-state index contributed by atoms with van der Waals surface area (Å²) in [4.78, 5) is 113. The third-order valence-electron chi connectivity index (χ3n) is 7.71. The van der Waals surface area contributed by atoms with E-state index in [9.17, 15) is 43.2 Å². The lowest BCUT2D eigenvalue weighted by Gasteiger charge is -2.25. The Hall–Kier alpha value is -4.41. The Balaban J connectivity index is 1.85. The van der Waals surface area contributed by atoms with Crippen LogP contribution in [-0.2, 0) is 47.9 Å². The van der Waals surface area contributed by atoms with Gasteiger partial charge in [-0.05, 0) is 27.7 Å². The summed E-state index contributed by atoms with van der Waals surface area (Å²) in [6.45, 7) is 9.70. The number of hydrogen-bond acceptors (Lipinski definition) is 10. The summed E-state index contributed by atoms with van der Waals surface area (Å²) >= 11 is 0. The quantitative estimate of drug-likeness (QED) is 0.0618. The predicted molar refractivity (Wildman–Crippen MR) is 164 cm³/mol. The molecule has 2 aliphatic rings. The second kappa shape index (κ2) is 18.1. The van der Waals surface area contributed by atoms with Gasteiger partial charge in [0, 0.05) is 76.2 Å². The van der Waals surface area contributed by atoms with Crippen molar-refractivity contribution in [2.24, 2.45) is 11.8 Å². The van der Waals surface area contributed by atoms with Crippen molar-refractivity contribution in [3.05, 3.63) is 0 Å². The van der Waals surface area contributed by atoms with E-state index in [1.165, 1.54) is 20.8 Å². The van der Waals surface area contributed by atoms with Crippen LogP contribution in [0.3, 0.4) is 0 Å². The zero-order valence-electron chi connectivity index (χ0n) is 27.8. The number of ether oxygens (including phenoxy) is 1. The van der Waals surface area contributed by atoms with Crippen LogP contribution >= 0.6 is 0 Å². The molecule has 2 aliphatic heterocycles. The number of likely N-dealkylation sites (tertiary alicyclic amines) is 2. The average Bonchev–Trinajstić information content (AvgIpc) is 3.38. The van der Waals surface area contributed by atoms with E-state index in [0.717, 1.165) is 9.80 Å². The van der Waals surface area contributed by atoms with Crippen LogP contribution in [0.2, 0.25) is 0 Å². The summed E-state index contributed by atoms with van der Waals surface area (Å²) in [7, 11) is 0. The second-order valence-electron chi connectivity index (χ2n) is 11.8. The number of nitrogens with zero attached hydrogens (tertiary/aromatic N) is 2. The van der Waals surface area contributed by atoms with E-state index in [1.54, 1.807) is 20.8 Å². The van der Waals surface area contributed by atoms with Crippen molar-refractivity contribution in [2.45, 2.75) is 98.0 Å². The van der Waals surface area contributed by atoms with Crippen molar-refractivity contribution in [3.63, 3.8) is 0 Å². The Kier molecular flexibility index (Phi) is 14.9. The van der Waals surface area contributed by atoms with Crippen LogP contribution in [0.15, 0.2) is 0 Å². The molecule has 0 aliphatic carbocycles. The fourth-order valence-corrected chi connectivity index (χ4v) is 5.13. The molecule has 9 amide bonds. The van der Waals surface area contributed by atoms with Gasteiger partial charge >= 0.3 is 0 Å². The Bertz CT molecular complexity index is 1240. The molecule has 5 N–H and O–H groups in total. The molecule has 6 unspecified atom stereocenters. The van der Waals surface area contributed by atoms with Crippen molar-refractivity contribution in [3.8, 4) is 0 Å². The molecule has 2 rings (SSSR count). The van der Waals surface area contributed by atoms with Gasteiger partial charge in [0.2, 0.25) is 53.2 Å². The van der Waals surface area contributed by atoms with Crippen molar-refractivity contribution in [1.29, 1.82) is 0 Å². The van der Waals surface area contributed by atoms with Gasteiger partial charge in [-0.3, -0.25) is 53.0 Å². The number of amides is 9. The highest BCUT2D eigenvalue weighted by Gasteiger charge is 2.41. The van der Waals surface area contributed by atoms with Crippen molar-refractivity contribution < 1.29 is 47.9 Å². The molecule has 262 valence electrons. The van der Waals surface area contributed by atoms with E-state index < -0.39 is 77.5 Å². The molecular weight excluding hydrogens is 618 g/mol.